The van der Waals surface area contributed by atoms with Gasteiger partial charge in [-0.3, -0.25) is 14.8 Å². The fourth-order valence-electron chi connectivity index (χ4n) is 6.47. The summed E-state index contributed by atoms with van der Waals surface area (Å²) in [6, 6.07) is 12.8. The molecule has 45 heavy (non-hydrogen) atoms. The maximum atomic E-state index is 13.9. The van der Waals surface area contributed by atoms with Gasteiger partial charge in [0.1, 0.15) is 6.04 Å². The molecule has 5 amide bonds. The largest absolute Gasteiger partial charge is 0.384 e. The van der Waals surface area contributed by atoms with Crippen LogP contribution < -0.4 is 10.6 Å². The van der Waals surface area contributed by atoms with E-state index in [-0.39, 0.29) is 24.0 Å². The molecule has 6 rings (SSSR count). The number of H-pyrrole nitrogens is 1. The molecule has 2 saturated heterocycles. The van der Waals surface area contributed by atoms with Crippen molar-refractivity contribution >= 4 is 34.6 Å². The second-order valence-corrected chi connectivity index (χ2v) is 12.4. The van der Waals surface area contributed by atoms with Crippen molar-refractivity contribution in [2.24, 2.45) is 0 Å². The number of para-hydroxylation sites is 1. The highest BCUT2D eigenvalue weighted by Crippen LogP contribution is 2.27. The van der Waals surface area contributed by atoms with Crippen molar-refractivity contribution in [3.05, 3.63) is 72.1 Å². The molecule has 3 aliphatic rings. The Morgan fingerprint density at radius 1 is 1.04 bits per heavy atom. The SMILES string of the molecule is CN(C)/C=C/CN1CCN(C(=O)C(Cc2ccc3[nH]ncc3c2)NC(=O)N2CCC(N3Cc4ccccc4NC3=O)CC2)CC1. The molecular weight excluding hydrogens is 570 g/mol. The topological polar surface area (TPSA) is 120 Å². The number of carbonyl (C=O) groups is 3. The second kappa shape index (κ2) is 13.6. The van der Waals surface area contributed by atoms with Gasteiger partial charge in [0.15, 0.2) is 0 Å². The second-order valence-electron chi connectivity index (χ2n) is 12.4. The zero-order valence-electron chi connectivity index (χ0n) is 26.1. The number of aromatic nitrogens is 2. The first-order valence-corrected chi connectivity index (χ1v) is 15.8. The molecule has 3 aromatic rings. The zero-order valence-corrected chi connectivity index (χ0v) is 26.1. The lowest BCUT2D eigenvalue weighted by Crippen LogP contribution is -2.58. The number of hydrogen-bond acceptors (Lipinski definition) is 6. The molecule has 2 fully saturated rings. The quantitative estimate of drug-likeness (QED) is 0.360. The Hall–Kier alpha value is -4.58. The summed E-state index contributed by atoms with van der Waals surface area (Å²) in [5.74, 6) is -0.0577. The van der Waals surface area contributed by atoms with Crippen molar-refractivity contribution in [1.82, 2.24) is 40.0 Å². The molecule has 1 unspecified atom stereocenters. The van der Waals surface area contributed by atoms with Gasteiger partial charge in [-0.2, -0.15) is 5.10 Å². The number of piperidine rings is 1. The van der Waals surface area contributed by atoms with E-state index < -0.39 is 6.04 Å². The summed E-state index contributed by atoms with van der Waals surface area (Å²) in [5, 5.41) is 14.1. The lowest BCUT2D eigenvalue weighted by molar-refractivity contribution is -0.135. The van der Waals surface area contributed by atoms with Crippen LogP contribution in [0.15, 0.2) is 60.9 Å². The van der Waals surface area contributed by atoms with Gasteiger partial charge >= 0.3 is 12.1 Å². The molecule has 1 atom stereocenters. The lowest BCUT2D eigenvalue weighted by Gasteiger charge is -2.41. The van der Waals surface area contributed by atoms with Crippen molar-refractivity contribution in [3.8, 4) is 0 Å². The average molecular weight is 614 g/mol. The number of urea groups is 2. The predicted molar refractivity (Wildman–Crippen MR) is 174 cm³/mol. The normalized spacial score (nSPS) is 18.6. The number of nitrogens with zero attached hydrogens (tertiary/aromatic N) is 6. The summed E-state index contributed by atoms with van der Waals surface area (Å²) < 4.78 is 0. The number of carbonyl (C=O) groups excluding carboxylic acids is 3. The van der Waals surface area contributed by atoms with Crippen LogP contribution in [-0.4, -0.2) is 125 Å². The third-order valence-electron chi connectivity index (χ3n) is 9.04. The zero-order chi connectivity index (χ0) is 31.3. The predicted octanol–water partition coefficient (Wildman–Crippen LogP) is 2.92. The Morgan fingerprint density at radius 3 is 2.60 bits per heavy atom. The Morgan fingerprint density at radius 2 is 1.82 bits per heavy atom. The smallest absolute Gasteiger partial charge is 0.322 e. The van der Waals surface area contributed by atoms with Crippen molar-refractivity contribution in [2.75, 3.05) is 65.2 Å². The minimum atomic E-state index is -0.691. The first-order chi connectivity index (χ1) is 21.8. The molecule has 238 valence electrons. The number of rotatable bonds is 8. The minimum Gasteiger partial charge on any atom is -0.384 e. The fourth-order valence-corrected chi connectivity index (χ4v) is 6.47. The molecule has 0 aliphatic carbocycles. The Balaban J connectivity index is 1.08. The average Bonchev–Trinajstić information content (AvgIpc) is 3.52. The molecule has 1 aromatic heterocycles. The number of fused-ring (bicyclic) bond motifs is 2. The standard InChI is InChI=1S/C33H43N9O3/c1-38(2)12-5-13-39-16-18-40(19-17-39)31(43)30(21-24-8-9-29-26(20-24)22-34-37-29)36-32(44)41-14-10-27(11-15-41)42-23-25-6-3-4-7-28(25)35-33(42)45/h3-9,12,20,22,27,30H,10-11,13-19,21,23H2,1-2H3,(H,34,37)(H,35,45)(H,36,44)/b12-5+. The molecule has 3 aliphatic heterocycles. The van der Waals surface area contributed by atoms with E-state index in [1.54, 1.807) is 11.1 Å². The van der Waals surface area contributed by atoms with Crippen LogP contribution in [0.2, 0.25) is 0 Å². The number of hydrogen-bond donors (Lipinski definition) is 3. The minimum absolute atomic E-state index is 0.0467. The highest BCUT2D eigenvalue weighted by molar-refractivity contribution is 5.92. The Labute approximate surface area is 264 Å². The number of amides is 5. The van der Waals surface area contributed by atoms with E-state index in [0.717, 1.165) is 47.4 Å². The molecule has 0 bridgehead atoms. The fraction of sp³-hybridized carbons (Fsp3) is 0.455. The van der Waals surface area contributed by atoms with Crippen molar-refractivity contribution < 1.29 is 14.4 Å². The van der Waals surface area contributed by atoms with Gasteiger partial charge in [-0.05, 0) is 48.4 Å². The van der Waals surface area contributed by atoms with Gasteiger partial charge in [-0.25, -0.2) is 9.59 Å². The molecule has 12 nitrogen and oxygen atoms in total. The van der Waals surface area contributed by atoms with Gasteiger partial charge in [0.2, 0.25) is 5.91 Å². The summed E-state index contributed by atoms with van der Waals surface area (Å²) in [6.45, 7) is 5.25. The summed E-state index contributed by atoms with van der Waals surface area (Å²) >= 11 is 0. The van der Waals surface area contributed by atoms with Gasteiger partial charge in [0, 0.05) is 90.0 Å². The van der Waals surface area contributed by atoms with Crippen LogP contribution in [0.1, 0.15) is 24.0 Å². The van der Waals surface area contributed by atoms with Gasteiger partial charge in [0.25, 0.3) is 0 Å². The first-order valence-electron chi connectivity index (χ1n) is 15.8. The molecule has 4 heterocycles. The van der Waals surface area contributed by atoms with Crippen molar-refractivity contribution in [3.63, 3.8) is 0 Å². The van der Waals surface area contributed by atoms with Crippen LogP contribution in [0.4, 0.5) is 15.3 Å². The summed E-state index contributed by atoms with van der Waals surface area (Å²) in [5.41, 5.74) is 3.85. The van der Waals surface area contributed by atoms with Crippen LogP contribution >= 0.6 is 0 Å². The Kier molecular flexibility index (Phi) is 9.20. The Bertz CT molecular complexity index is 1540. The van der Waals surface area contributed by atoms with E-state index in [4.69, 9.17) is 0 Å². The van der Waals surface area contributed by atoms with Gasteiger partial charge in [0.05, 0.1) is 11.7 Å². The van der Waals surface area contributed by atoms with E-state index in [1.807, 2.05) is 77.5 Å². The van der Waals surface area contributed by atoms with Crippen LogP contribution in [0.5, 0.6) is 0 Å². The molecule has 12 heteroatoms. The summed E-state index contributed by atoms with van der Waals surface area (Å²) in [6.07, 6.45) is 7.70. The molecule has 0 spiro atoms. The number of likely N-dealkylation sites (tertiary alicyclic amines) is 1. The molecule has 0 saturated carbocycles. The van der Waals surface area contributed by atoms with Crippen LogP contribution in [0, 0.1) is 0 Å². The molecule has 2 aromatic carbocycles. The van der Waals surface area contributed by atoms with E-state index in [2.05, 4.69) is 31.8 Å². The first kappa shape index (κ1) is 30.4. The number of benzene rings is 2. The van der Waals surface area contributed by atoms with E-state index >= 15 is 0 Å². The molecule has 0 radical (unpaired) electrons. The monoisotopic (exact) mass is 613 g/mol. The lowest BCUT2D eigenvalue weighted by atomic mass is 10.0. The molecule has 3 N–H and O–H groups in total. The van der Waals surface area contributed by atoms with Crippen LogP contribution in [-0.2, 0) is 17.8 Å². The van der Waals surface area contributed by atoms with Gasteiger partial charge in [-0.1, -0.05) is 30.3 Å². The third kappa shape index (κ3) is 7.22. The number of piperazine rings is 1. The number of nitrogens with one attached hydrogen (secondary N) is 3. The van der Waals surface area contributed by atoms with Crippen molar-refractivity contribution in [1.29, 1.82) is 0 Å². The van der Waals surface area contributed by atoms with Crippen LogP contribution in [0.25, 0.3) is 10.9 Å². The highest BCUT2D eigenvalue weighted by atomic mass is 16.2. The highest BCUT2D eigenvalue weighted by Gasteiger charge is 2.34. The van der Waals surface area contributed by atoms with Gasteiger partial charge in [-0.15, -0.1) is 0 Å². The molecular formula is C33H43N9O3. The summed E-state index contributed by atoms with van der Waals surface area (Å²) in [7, 11) is 4.00. The number of aromatic amines is 1. The maximum absolute atomic E-state index is 13.9. The van der Waals surface area contributed by atoms with E-state index in [1.165, 1.54) is 0 Å². The summed E-state index contributed by atoms with van der Waals surface area (Å²) in [4.78, 5) is 50.3. The third-order valence-corrected chi connectivity index (χ3v) is 9.04. The van der Waals surface area contributed by atoms with E-state index in [9.17, 15) is 14.4 Å². The van der Waals surface area contributed by atoms with Crippen molar-refractivity contribution in [2.45, 2.75) is 37.9 Å². The maximum Gasteiger partial charge on any atom is 0.322 e. The van der Waals surface area contributed by atoms with Gasteiger partial charge < -0.3 is 30.2 Å². The van der Waals surface area contributed by atoms with Crippen LogP contribution in [0.3, 0.4) is 0 Å². The number of anilines is 1. The van der Waals surface area contributed by atoms with E-state index in [0.29, 0.717) is 52.0 Å².